The Balaban J connectivity index is 1.40. The molecule has 182 valence electrons. The molecule has 0 bridgehead atoms. The third-order valence-electron chi connectivity index (χ3n) is 6.77. The smallest absolute Gasteiger partial charge is 0.260 e. The highest BCUT2D eigenvalue weighted by molar-refractivity contribution is 6.31. The minimum absolute atomic E-state index is 0.00196. The zero-order valence-electron chi connectivity index (χ0n) is 20.4. The molecule has 2 N–H and O–H groups in total. The van der Waals surface area contributed by atoms with Crippen molar-refractivity contribution in [2.75, 3.05) is 43.4 Å². The lowest BCUT2D eigenvalue weighted by atomic mass is 9.91. The van der Waals surface area contributed by atoms with E-state index in [-0.39, 0.29) is 5.78 Å². The van der Waals surface area contributed by atoms with Crippen molar-refractivity contribution < 1.29 is 14.4 Å². The zero-order valence-corrected chi connectivity index (χ0v) is 20.4. The predicted molar refractivity (Wildman–Crippen MR) is 142 cm³/mol. The molecule has 2 aliphatic heterocycles. The number of benzene rings is 3. The van der Waals surface area contributed by atoms with Crippen molar-refractivity contribution in [1.82, 2.24) is 10.2 Å². The van der Waals surface area contributed by atoms with Gasteiger partial charge in [-0.05, 0) is 61.5 Å². The molecule has 1 fully saturated rings. The number of nitrogens with one attached hydrogen (secondary N) is 2. The highest BCUT2D eigenvalue weighted by atomic mass is 16.2. The SMILES string of the molecule is CC(=O)c1ccc(-c2ccc3c(c2)/C(=C/Nc2ccc(N4CCN(C)CC4)cc2)C(=O)NC3=O)cc1. The molecule has 2 aliphatic rings. The highest BCUT2D eigenvalue weighted by Crippen LogP contribution is 2.30. The fourth-order valence-corrected chi connectivity index (χ4v) is 4.53. The van der Waals surface area contributed by atoms with Gasteiger partial charge in [0, 0.05) is 60.4 Å². The zero-order chi connectivity index (χ0) is 25.2. The molecule has 1 saturated heterocycles. The summed E-state index contributed by atoms with van der Waals surface area (Å²) in [7, 11) is 2.14. The summed E-state index contributed by atoms with van der Waals surface area (Å²) in [5.74, 6) is -0.859. The maximum Gasteiger partial charge on any atom is 0.260 e. The molecule has 0 saturated carbocycles. The number of anilines is 2. The number of rotatable bonds is 5. The largest absolute Gasteiger partial charge is 0.369 e. The molecule has 0 atom stereocenters. The van der Waals surface area contributed by atoms with Crippen molar-refractivity contribution in [2.24, 2.45) is 0 Å². The number of hydrogen-bond acceptors (Lipinski definition) is 6. The number of carbonyl (C=O) groups excluding carboxylic acids is 3. The van der Waals surface area contributed by atoms with E-state index in [0.29, 0.717) is 22.3 Å². The van der Waals surface area contributed by atoms with Gasteiger partial charge in [0.25, 0.3) is 11.8 Å². The van der Waals surface area contributed by atoms with Gasteiger partial charge in [-0.1, -0.05) is 30.3 Å². The van der Waals surface area contributed by atoms with Gasteiger partial charge in [-0.2, -0.15) is 0 Å². The average molecular weight is 481 g/mol. The van der Waals surface area contributed by atoms with E-state index in [1.54, 1.807) is 24.4 Å². The van der Waals surface area contributed by atoms with Gasteiger partial charge in [-0.25, -0.2) is 0 Å². The summed E-state index contributed by atoms with van der Waals surface area (Å²) < 4.78 is 0. The van der Waals surface area contributed by atoms with Crippen LogP contribution in [0, 0.1) is 0 Å². The standard InChI is InChI=1S/C29H28N4O3/c1-19(34)20-3-5-21(6-4-20)22-7-12-25-26(17-22)27(29(36)31-28(25)35)18-30-23-8-10-24(11-9-23)33-15-13-32(2)14-16-33/h3-12,17-18,30H,13-16H2,1-2H3,(H,31,35,36)/b27-18-. The molecule has 3 aromatic carbocycles. The second-order valence-electron chi connectivity index (χ2n) is 9.22. The van der Waals surface area contributed by atoms with Crippen LogP contribution in [0.25, 0.3) is 16.7 Å². The lowest BCUT2D eigenvalue weighted by molar-refractivity contribution is -0.114. The van der Waals surface area contributed by atoms with Crippen LogP contribution in [0.4, 0.5) is 11.4 Å². The number of Topliss-reactive ketones (excluding diaryl/α,β-unsaturated/α-hetero) is 1. The van der Waals surface area contributed by atoms with Gasteiger partial charge in [0.2, 0.25) is 0 Å². The number of ketones is 1. The van der Waals surface area contributed by atoms with Crippen LogP contribution in [-0.2, 0) is 4.79 Å². The summed E-state index contributed by atoms with van der Waals surface area (Å²) in [6.45, 7) is 5.61. The molecule has 0 spiro atoms. The molecular weight excluding hydrogens is 452 g/mol. The van der Waals surface area contributed by atoms with Crippen LogP contribution in [0.1, 0.15) is 33.2 Å². The van der Waals surface area contributed by atoms with Crippen molar-refractivity contribution in [2.45, 2.75) is 6.92 Å². The van der Waals surface area contributed by atoms with Crippen molar-refractivity contribution in [3.63, 3.8) is 0 Å². The van der Waals surface area contributed by atoms with E-state index in [4.69, 9.17) is 0 Å². The summed E-state index contributed by atoms with van der Waals surface area (Å²) in [6, 6.07) is 20.8. The molecule has 7 heteroatoms. The summed E-state index contributed by atoms with van der Waals surface area (Å²) in [4.78, 5) is 41.5. The molecule has 2 amide bonds. The van der Waals surface area contributed by atoms with Crippen LogP contribution in [0.5, 0.6) is 0 Å². The van der Waals surface area contributed by atoms with Crippen molar-refractivity contribution in [1.29, 1.82) is 0 Å². The van der Waals surface area contributed by atoms with Gasteiger partial charge in [0.1, 0.15) is 0 Å². The molecule has 0 aromatic heterocycles. The summed E-state index contributed by atoms with van der Waals surface area (Å²) in [6.07, 6.45) is 1.65. The average Bonchev–Trinajstić information content (AvgIpc) is 2.89. The van der Waals surface area contributed by atoms with Crippen molar-refractivity contribution >= 4 is 34.5 Å². The van der Waals surface area contributed by atoms with Crippen LogP contribution < -0.4 is 15.5 Å². The van der Waals surface area contributed by atoms with Crippen LogP contribution in [0.2, 0.25) is 0 Å². The van der Waals surface area contributed by atoms with Crippen molar-refractivity contribution in [3.8, 4) is 11.1 Å². The summed E-state index contributed by atoms with van der Waals surface area (Å²) in [5, 5.41) is 5.64. The number of imide groups is 1. The first-order chi connectivity index (χ1) is 17.4. The van der Waals surface area contributed by atoms with Crippen LogP contribution in [0.3, 0.4) is 0 Å². The van der Waals surface area contributed by atoms with E-state index >= 15 is 0 Å². The first kappa shape index (κ1) is 23.5. The molecular formula is C29H28N4O3. The predicted octanol–water partition coefficient (Wildman–Crippen LogP) is 4.03. The van der Waals surface area contributed by atoms with Crippen LogP contribution >= 0.6 is 0 Å². The lowest BCUT2D eigenvalue weighted by Crippen LogP contribution is -2.44. The van der Waals surface area contributed by atoms with E-state index in [0.717, 1.165) is 43.0 Å². The summed E-state index contributed by atoms with van der Waals surface area (Å²) in [5.41, 5.74) is 5.80. The van der Waals surface area contributed by atoms with Gasteiger partial charge in [0.05, 0.1) is 5.57 Å². The Hall–Kier alpha value is -4.23. The second kappa shape index (κ2) is 9.79. The Morgan fingerprint density at radius 3 is 2.17 bits per heavy atom. The Labute approximate surface area is 210 Å². The van der Waals surface area contributed by atoms with E-state index in [1.807, 2.05) is 36.4 Å². The molecule has 2 heterocycles. The third-order valence-corrected chi connectivity index (χ3v) is 6.77. The minimum atomic E-state index is -0.446. The number of carbonyl (C=O) groups is 3. The minimum Gasteiger partial charge on any atom is -0.369 e. The molecule has 36 heavy (non-hydrogen) atoms. The molecule has 0 aliphatic carbocycles. The first-order valence-electron chi connectivity index (χ1n) is 12.0. The number of nitrogens with zero attached hydrogens (tertiary/aromatic N) is 2. The normalized spacial score (nSPS) is 17.1. The molecule has 7 nitrogen and oxygen atoms in total. The molecule has 0 radical (unpaired) electrons. The topological polar surface area (TPSA) is 81.8 Å². The van der Waals surface area contributed by atoms with Crippen molar-refractivity contribution in [3.05, 3.63) is 89.6 Å². The molecule has 0 unspecified atom stereocenters. The number of piperazine rings is 1. The summed E-state index contributed by atoms with van der Waals surface area (Å²) >= 11 is 0. The van der Waals surface area contributed by atoms with Gasteiger partial charge in [-0.15, -0.1) is 0 Å². The van der Waals surface area contributed by atoms with Gasteiger partial charge >= 0.3 is 0 Å². The molecule has 5 rings (SSSR count). The second-order valence-corrected chi connectivity index (χ2v) is 9.22. The number of amides is 2. The third kappa shape index (κ3) is 4.78. The highest BCUT2D eigenvalue weighted by Gasteiger charge is 2.27. The van der Waals surface area contributed by atoms with Crippen LogP contribution in [-0.4, -0.2) is 55.7 Å². The van der Waals surface area contributed by atoms with E-state index < -0.39 is 11.8 Å². The first-order valence-corrected chi connectivity index (χ1v) is 12.0. The maximum atomic E-state index is 12.8. The quantitative estimate of drug-likeness (QED) is 0.326. The lowest BCUT2D eigenvalue weighted by Gasteiger charge is -2.34. The Morgan fingerprint density at radius 1 is 0.833 bits per heavy atom. The van der Waals surface area contributed by atoms with Gasteiger partial charge < -0.3 is 15.1 Å². The number of fused-ring (bicyclic) bond motifs is 1. The van der Waals surface area contributed by atoms with Gasteiger partial charge in [-0.3, -0.25) is 19.7 Å². The molecule has 3 aromatic rings. The maximum absolute atomic E-state index is 12.8. The van der Waals surface area contributed by atoms with E-state index in [1.165, 1.54) is 12.6 Å². The van der Waals surface area contributed by atoms with Gasteiger partial charge in [0.15, 0.2) is 5.78 Å². The Kier molecular flexibility index (Phi) is 6.40. The fourth-order valence-electron chi connectivity index (χ4n) is 4.53. The Bertz CT molecular complexity index is 1350. The fraction of sp³-hybridized carbons (Fsp3) is 0.207. The van der Waals surface area contributed by atoms with E-state index in [9.17, 15) is 14.4 Å². The number of hydrogen-bond donors (Lipinski definition) is 2. The van der Waals surface area contributed by atoms with E-state index in [2.05, 4.69) is 39.6 Å². The Morgan fingerprint density at radius 2 is 1.50 bits per heavy atom. The number of likely N-dealkylation sites (N-methyl/N-ethyl adjacent to an activating group) is 1. The van der Waals surface area contributed by atoms with Crippen LogP contribution in [0.15, 0.2) is 72.9 Å². The monoisotopic (exact) mass is 480 g/mol.